The first-order chi connectivity index (χ1) is 12.9. The number of ether oxygens (including phenoxy) is 1. The average Bonchev–Trinajstić information content (AvgIpc) is 2.95. The molecule has 3 rings (SSSR count). The Balaban J connectivity index is 1.72. The number of nitrogens with one attached hydrogen (secondary N) is 1. The van der Waals surface area contributed by atoms with Crippen LogP contribution < -0.4 is 5.43 Å². The van der Waals surface area contributed by atoms with Crippen LogP contribution in [-0.2, 0) is 14.3 Å². The molecule has 0 saturated carbocycles. The fourth-order valence-electron chi connectivity index (χ4n) is 2.95. The predicted molar refractivity (Wildman–Crippen MR) is 95.3 cm³/mol. The van der Waals surface area contributed by atoms with Crippen LogP contribution in [0, 0.1) is 19.7 Å². The number of Topliss-reactive ketones (excluding diaryl/α,β-unsaturated/α-hetero) is 1. The summed E-state index contributed by atoms with van der Waals surface area (Å²) in [6, 6.07) is 7.65. The molecule has 0 saturated heterocycles. The van der Waals surface area contributed by atoms with Gasteiger partial charge in [0.2, 0.25) is 11.7 Å². The fraction of sp³-hybridized carbons (Fsp3) is 0.263. The second-order valence-corrected chi connectivity index (χ2v) is 6.19. The third kappa shape index (κ3) is 3.94. The SMILES string of the molecule is Cc1cc(C(=O)COC(=O)C2=NNC(=O)CC2)c(C)n1-c1ccc(F)cc1. The Hall–Kier alpha value is -3.29. The lowest BCUT2D eigenvalue weighted by atomic mass is 10.1. The highest BCUT2D eigenvalue weighted by Gasteiger charge is 2.22. The molecule has 0 aliphatic carbocycles. The average molecular weight is 371 g/mol. The number of hydrogen-bond donors (Lipinski definition) is 1. The minimum Gasteiger partial charge on any atom is -0.453 e. The maximum atomic E-state index is 13.1. The number of aryl methyl sites for hydroxylation is 1. The number of halogens is 1. The van der Waals surface area contributed by atoms with Crippen LogP contribution in [-0.4, -0.2) is 34.5 Å². The molecule has 1 aromatic heterocycles. The fourth-order valence-corrected chi connectivity index (χ4v) is 2.95. The number of nitrogens with zero attached hydrogens (tertiary/aromatic N) is 2. The minimum absolute atomic E-state index is 0.0826. The maximum absolute atomic E-state index is 13.1. The third-order valence-electron chi connectivity index (χ3n) is 4.29. The Morgan fingerprint density at radius 3 is 2.56 bits per heavy atom. The number of esters is 1. The summed E-state index contributed by atoms with van der Waals surface area (Å²) in [5.74, 6) is -1.69. The Labute approximate surface area is 154 Å². The van der Waals surface area contributed by atoms with Crippen LogP contribution in [0.4, 0.5) is 4.39 Å². The summed E-state index contributed by atoms with van der Waals surface area (Å²) in [6.07, 6.45) is 0.332. The third-order valence-corrected chi connectivity index (χ3v) is 4.29. The van der Waals surface area contributed by atoms with Gasteiger partial charge in [-0.15, -0.1) is 0 Å². The topological polar surface area (TPSA) is 89.8 Å². The minimum atomic E-state index is -0.726. The number of benzene rings is 1. The van der Waals surface area contributed by atoms with Crippen molar-refractivity contribution in [3.05, 3.63) is 53.1 Å². The van der Waals surface area contributed by atoms with Crippen molar-refractivity contribution < 1.29 is 23.5 Å². The van der Waals surface area contributed by atoms with Crippen LogP contribution in [0.3, 0.4) is 0 Å². The number of carbonyl (C=O) groups is 3. The Morgan fingerprint density at radius 2 is 1.93 bits per heavy atom. The van der Waals surface area contributed by atoms with Gasteiger partial charge in [0, 0.05) is 35.5 Å². The quantitative estimate of drug-likeness (QED) is 0.645. The molecule has 1 amide bonds. The monoisotopic (exact) mass is 371 g/mol. The van der Waals surface area contributed by atoms with E-state index in [4.69, 9.17) is 4.74 Å². The smallest absolute Gasteiger partial charge is 0.354 e. The van der Waals surface area contributed by atoms with E-state index in [9.17, 15) is 18.8 Å². The van der Waals surface area contributed by atoms with Gasteiger partial charge >= 0.3 is 5.97 Å². The molecule has 8 heteroatoms. The first-order valence-corrected chi connectivity index (χ1v) is 8.37. The zero-order valence-corrected chi connectivity index (χ0v) is 14.9. The molecule has 0 radical (unpaired) electrons. The van der Waals surface area contributed by atoms with Gasteiger partial charge in [-0.05, 0) is 44.2 Å². The Morgan fingerprint density at radius 1 is 1.22 bits per heavy atom. The van der Waals surface area contributed by atoms with Crippen molar-refractivity contribution in [2.75, 3.05) is 6.61 Å². The summed E-state index contributed by atoms with van der Waals surface area (Å²) in [5.41, 5.74) is 4.91. The zero-order valence-electron chi connectivity index (χ0n) is 14.9. The van der Waals surface area contributed by atoms with Crippen LogP contribution >= 0.6 is 0 Å². The molecule has 27 heavy (non-hydrogen) atoms. The molecule has 2 aromatic rings. The number of rotatable bonds is 5. The molecule has 1 aliphatic heterocycles. The van der Waals surface area contributed by atoms with Crippen molar-refractivity contribution in [2.24, 2.45) is 5.10 Å². The van der Waals surface area contributed by atoms with E-state index in [0.29, 0.717) is 11.3 Å². The van der Waals surface area contributed by atoms with E-state index in [1.165, 1.54) is 12.1 Å². The molecule has 1 N–H and O–H groups in total. The standard InChI is InChI=1S/C19H18FN3O4/c1-11-9-15(12(2)23(11)14-5-3-13(20)4-6-14)17(24)10-27-19(26)16-7-8-18(25)22-21-16/h3-6,9H,7-8,10H2,1-2H3,(H,22,25). The zero-order chi connectivity index (χ0) is 19.6. The second kappa shape index (κ2) is 7.53. The molecule has 0 spiro atoms. The van der Waals surface area contributed by atoms with Crippen LogP contribution in [0.5, 0.6) is 0 Å². The molecule has 2 heterocycles. The van der Waals surface area contributed by atoms with Gasteiger partial charge < -0.3 is 9.30 Å². The van der Waals surface area contributed by atoms with Crippen molar-refractivity contribution in [1.29, 1.82) is 0 Å². The lowest BCUT2D eigenvalue weighted by Crippen LogP contribution is -2.31. The number of aromatic nitrogens is 1. The van der Waals surface area contributed by atoms with Crippen molar-refractivity contribution in [2.45, 2.75) is 26.7 Å². The lowest BCUT2D eigenvalue weighted by Gasteiger charge is -2.11. The summed E-state index contributed by atoms with van der Waals surface area (Å²) in [5, 5.41) is 3.64. The summed E-state index contributed by atoms with van der Waals surface area (Å²) in [7, 11) is 0. The highest BCUT2D eigenvalue weighted by molar-refractivity contribution is 6.37. The lowest BCUT2D eigenvalue weighted by molar-refractivity contribution is -0.134. The van der Waals surface area contributed by atoms with Gasteiger partial charge in [-0.3, -0.25) is 9.59 Å². The number of ketones is 1. The number of hydrazone groups is 1. The molecule has 140 valence electrons. The molecule has 1 aromatic carbocycles. The van der Waals surface area contributed by atoms with E-state index < -0.39 is 12.6 Å². The summed E-state index contributed by atoms with van der Waals surface area (Å²) < 4.78 is 20.0. The van der Waals surface area contributed by atoms with Crippen LogP contribution in [0.1, 0.15) is 34.6 Å². The largest absolute Gasteiger partial charge is 0.453 e. The van der Waals surface area contributed by atoms with E-state index in [1.54, 1.807) is 25.1 Å². The van der Waals surface area contributed by atoms with Gasteiger partial charge in [-0.1, -0.05) is 0 Å². The van der Waals surface area contributed by atoms with Crippen molar-refractivity contribution in [3.8, 4) is 5.69 Å². The van der Waals surface area contributed by atoms with E-state index >= 15 is 0 Å². The van der Waals surface area contributed by atoms with Gasteiger partial charge in [0.15, 0.2) is 6.61 Å². The number of amides is 1. The van der Waals surface area contributed by atoms with Crippen LogP contribution in [0.25, 0.3) is 5.69 Å². The Bertz CT molecular complexity index is 945. The van der Waals surface area contributed by atoms with E-state index in [-0.39, 0.29) is 36.1 Å². The van der Waals surface area contributed by atoms with Crippen LogP contribution in [0.15, 0.2) is 35.4 Å². The van der Waals surface area contributed by atoms with Crippen LogP contribution in [0.2, 0.25) is 0 Å². The summed E-state index contributed by atoms with van der Waals surface area (Å²) in [6.45, 7) is 3.17. The number of hydrogen-bond acceptors (Lipinski definition) is 5. The molecule has 1 aliphatic rings. The first-order valence-electron chi connectivity index (χ1n) is 8.37. The number of carbonyl (C=O) groups excluding carboxylic acids is 3. The molecular weight excluding hydrogens is 353 g/mol. The van der Waals surface area contributed by atoms with E-state index in [0.717, 1.165) is 11.4 Å². The maximum Gasteiger partial charge on any atom is 0.354 e. The van der Waals surface area contributed by atoms with Gasteiger partial charge in [0.1, 0.15) is 11.5 Å². The van der Waals surface area contributed by atoms with E-state index in [1.807, 2.05) is 11.5 Å². The molecule has 0 fully saturated rings. The highest BCUT2D eigenvalue weighted by Crippen LogP contribution is 2.21. The molecular formula is C19H18FN3O4. The van der Waals surface area contributed by atoms with Gasteiger partial charge in [0.05, 0.1) is 0 Å². The summed E-state index contributed by atoms with van der Waals surface area (Å²) >= 11 is 0. The predicted octanol–water partition coefficient (Wildman–Crippen LogP) is 2.23. The second-order valence-electron chi connectivity index (χ2n) is 6.19. The summed E-state index contributed by atoms with van der Waals surface area (Å²) in [4.78, 5) is 35.5. The van der Waals surface area contributed by atoms with Crippen molar-refractivity contribution >= 4 is 23.4 Å². The van der Waals surface area contributed by atoms with E-state index in [2.05, 4.69) is 10.5 Å². The van der Waals surface area contributed by atoms with Gasteiger partial charge in [0.25, 0.3) is 0 Å². The van der Waals surface area contributed by atoms with Crippen molar-refractivity contribution in [1.82, 2.24) is 9.99 Å². The van der Waals surface area contributed by atoms with Crippen molar-refractivity contribution in [3.63, 3.8) is 0 Å². The molecule has 0 unspecified atom stereocenters. The van der Waals surface area contributed by atoms with Gasteiger partial charge in [-0.25, -0.2) is 14.6 Å². The molecule has 0 atom stereocenters. The first kappa shape index (κ1) is 18.5. The Kier molecular flexibility index (Phi) is 5.16. The van der Waals surface area contributed by atoms with Gasteiger partial charge in [-0.2, -0.15) is 5.10 Å². The molecule has 7 nitrogen and oxygen atoms in total. The molecule has 0 bridgehead atoms. The highest BCUT2D eigenvalue weighted by atomic mass is 19.1. The normalized spacial score (nSPS) is 13.7.